The fraction of sp³-hybridized carbons (Fsp3) is 0.774. The molecule has 34 heavy (non-hydrogen) atoms. The van der Waals surface area contributed by atoms with Crippen LogP contribution in [0.3, 0.4) is 0 Å². The van der Waals surface area contributed by atoms with E-state index in [0.717, 1.165) is 0 Å². The second-order valence-corrected chi connectivity index (χ2v) is 12.0. The quantitative estimate of drug-likeness (QED) is 0.262. The molecule has 0 aliphatic rings. The number of carbonyl (C=O) groups is 1. The third-order valence-electron chi connectivity index (χ3n) is 6.43. The largest absolute Gasteiger partial charge is 0.507 e. The fourth-order valence-electron chi connectivity index (χ4n) is 4.17. The Labute approximate surface area is 211 Å². The van der Waals surface area contributed by atoms with Crippen molar-refractivity contribution in [3.63, 3.8) is 0 Å². The minimum atomic E-state index is -0.967. The van der Waals surface area contributed by atoms with E-state index in [-0.39, 0.29) is 22.1 Å². The Kier molecular flexibility index (Phi) is 16.3. The highest BCUT2D eigenvalue weighted by atomic mass is 16.4. The summed E-state index contributed by atoms with van der Waals surface area (Å²) in [5.41, 5.74) is 0.979. The Morgan fingerprint density at radius 2 is 0.882 bits per heavy atom. The molecular formula is C31H56O3. The first-order chi connectivity index (χ1) is 15.9. The first kappa shape index (κ1) is 32.5. The minimum absolute atomic E-state index is 0.208. The van der Waals surface area contributed by atoms with Crippen molar-refractivity contribution in [1.82, 2.24) is 0 Å². The highest BCUT2D eigenvalue weighted by molar-refractivity contribution is 5.88. The van der Waals surface area contributed by atoms with Gasteiger partial charge >= 0.3 is 5.97 Å². The number of carboxylic acids is 1. The monoisotopic (exact) mass is 476 g/mol. The second kappa shape index (κ2) is 17.0. The Balaban J connectivity index is 0.000000646. The summed E-state index contributed by atoms with van der Waals surface area (Å²) in [6.45, 7) is 16.3. The van der Waals surface area contributed by atoms with Crippen LogP contribution in [-0.2, 0) is 10.8 Å². The van der Waals surface area contributed by atoms with Crippen molar-refractivity contribution in [2.75, 3.05) is 0 Å². The van der Waals surface area contributed by atoms with Crippen LogP contribution in [0, 0.1) is 0 Å². The predicted molar refractivity (Wildman–Crippen MR) is 148 cm³/mol. The van der Waals surface area contributed by atoms with Gasteiger partial charge in [-0.25, -0.2) is 4.79 Å². The summed E-state index contributed by atoms with van der Waals surface area (Å²) in [6.07, 6.45) is 20.4. The molecule has 0 aromatic heterocycles. The highest BCUT2D eigenvalue weighted by Crippen LogP contribution is 2.39. The van der Waals surface area contributed by atoms with E-state index in [9.17, 15) is 15.0 Å². The molecule has 2 N–H and O–H groups in total. The first-order valence-electron chi connectivity index (χ1n) is 14.0. The molecule has 0 aliphatic heterocycles. The van der Waals surface area contributed by atoms with Crippen molar-refractivity contribution < 1.29 is 15.0 Å². The van der Waals surface area contributed by atoms with Gasteiger partial charge in [-0.15, -0.1) is 0 Å². The van der Waals surface area contributed by atoms with Crippen LogP contribution in [0.15, 0.2) is 12.1 Å². The van der Waals surface area contributed by atoms with E-state index in [4.69, 9.17) is 0 Å². The number of phenols is 1. The van der Waals surface area contributed by atoms with Gasteiger partial charge in [-0.3, -0.25) is 0 Å². The van der Waals surface area contributed by atoms with Crippen molar-refractivity contribution >= 4 is 5.97 Å². The number of rotatable bonds is 14. The molecule has 1 aromatic carbocycles. The smallest absolute Gasteiger partial charge is 0.335 e. The summed E-state index contributed by atoms with van der Waals surface area (Å²) >= 11 is 0. The van der Waals surface area contributed by atoms with Crippen LogP contribution in [0.2, 0.25) is 0 Å². The molecule has 0 bridgehead atoms. The molecule has 3 heteroatoms. The maximum Gasteiger partial charge on any atom is 0.335 e. The Morgan fingerprint density at radius 1 is 0.618 bits per heavy atom. The second-order valence-electron chi connectivity index (χ2n) is 12.0. The Hall–Kier alpha value is -1.51. The van der Waals surface area contributed by atoms with Crippen LogP contribution >= 0.6 is 0 Å². The molecule has 0 aliphatic carbocycles. The topological polar surface area (TPSA) is 57.5 Å². The van der Waals surface area contributed by atoms with Gasteiger partial charge in [0.25, 0.3) is 0 Å². The Morgan fingerprint density at radius 3 is 1.09 bits per heavy atom. The van der Waals surface area contributed by atoms with Crippen molar-refractivity contribution in [1.29, 1.82) is 0 Å². The lowest BCUT2D eigenvalue weighted by atomic mass is 9.78. The number of aromatic carboxylic acids is 1. The molecule has 0 saturated heterocycles. The molecule has 0 radical (unpaired) electrons. The molecule has 0 spiro atoms. The fourth-order valence-corrected chi connectivity index (χ4v) is 4.17. The van der Waals surface area contributed by atoms with Crippen LogP contribution in [0.5, 0.6) is 5.75 Å². The normalized spacial score (nSPS) is 11.8. The van der Waals surface area contributed by atoms with Gasteiger partial charge in [0.1, 0.15) is 5.75 Å². The lowest BCUT2D eigenvalue weighted by Crippen LogP contribution is -2.18. The number of aromatic hydroxyl groups is 1. The average Bonchev–Trinajstić information content (AvgIpc) is 2.73. The van der Waals surface area contributed by atoms with Crippen LogP contribution < -0.4 is 0 Å². The third-order valence-corrected chi connectivity index (χ3v) is 6.43. The SMILES string of the molecule is CC(C)(C)c1cc(C(=O)O)cc(C(C)(C)C)c1O.CCCCCCCCCCCCCCCC. The maximum absolute atomic E-state index is 11.2. The number of hydrogen-bond donors (Lipinski definition) is 2. The summed E-state index contributed by atoms with van der Waals surface area (Å²) < 4.78 is 0. The zero-order valence-electron chi connectivity index (χ0n) is 23.9. The zero-order valence-corrected chi connectivity index (χ0v) is 23.9. The summed E-state index contributed by atoms with van der Waals surface area (Å²) in [6, 6.07) is 3.12. The third kappa shape index (κ3) is 14.0. The molecule has 0 unspecified atom stereocenters. The van der Waals surface area contributed by atoms with Gasteiger partial charge in [0.05, 0.1) is 5.56 Å². The standard InChI is InChI=1S/C16H34.C15H22O3/c1-3-5-7-9-11-13-15-16-14-12-10-8-6-4-2;1-14(2,3)10-7-9(13(17)18)8-11(12(10)16)15(4,5)6/h3-16H2,1-2H3;7-8,16H,1-6H3,(H,17,18). The highest BCUT2D eigenvalue weighted by Gasteiger charge is 2.27. The van der Waals surface area contributed by atoms with Gasteiger partial charge in [0.2, 0.25) is 0 Å². The van der Waals surface area contributed by atoms with E-state index in [2.05, 4.69) is 13.8 Å². The number of unbranched alkanes of at least 4 members (excludes halogenated alkanes) is 13. The van der Waals surface area contributed by atoms with Gasteiger partial charge < -0.3 is 10.2 Å². The van der Waals surface area contributed by atoms with E-state index in [1.165, 1.54) is 89.9 Å². The van der Waals surface area contributed by atoms with Gasteiger partial charge in [0, 0.05) is 11.1 Å². The van der Waals surface area contributed by atoms with Gasteiger partial charge in [-0.05, 0) is 23.0 Å². The molecule has 0 atom stereocenters. The van der Waals surface area contributed by atoms with Crippen LogP contribution in [0.4, 0.5) is 0 Å². The van der Waals surface area contributed by atoms with E-state index in [1.54, 1.807) is 12.1 Å². The van der Waals surface area contributed by atoms with Crippen molar-refractivity contribution in [2.24, 2.45) is 0 Å². The molecule has 0 saturated carbocycles. The van der Waals surface area contributed by atoms with Crippen LogP contribution in [0.25, 0.3) is 0 Å². The van der Waals surface area contributed by atoms with Gasteiger partial charge in [0.15, 0.2) is 0 Å². The van der Waals surface area contributed by atoms with Gasteiger partial charge in [-0.1, -0.05) is 145 Å². The zero-order chi connectivity index (χ0) is 26.2. The molecule has 3 nitrogen and oxygen atoms in total. The van der Waals surface area contributed by atoms with Crippen LogP contribution in [0.1, 0.15) is 167 Å². The molecule has 198 valence electrons. The van der Waals surface area contributed by atoms with E-state index in [1.807, 2.05) is 41.5 Å². The molecular weight excluding hydrogens is 420 g/mol. The average molecular weight is 477 g/mol. The Bertz CT molecular complexity index is 628. The number of phenolic OH excluding ortho intramolecular Hbond substituents is 1. The minimum Gasteiger partial charge on any atom is -0.507 e. The summed E-state index contributed by atoms with van der Waals surface area (Å²) in [4.78, 5) is 11.2. The lowest BCUT2D eigenvalue weighted by molar-refractivity contribution is 0.0696. The number of hydrogen-bond acceptors (Lipinski definition) is 2. The van der Waals surface area contributed by atoms with Gasteiger partial charge in [-0.2, -0.15) is 0 Å². The predicted octanol–water partition coefficient (Wildman–Crippen LogP) is 10.2. The van der Waals surface area contributed by atoms with Crippen molar-refractivity contribution in [3.8, 4) is 5.75 Å². The lowest BCUT2D eigenvalue weighted by Gasteiger charge is -2.27. The summed E-state index contributed by atoms with van der Waals surface area (Å²) in [5, 5.41) is 19.5. The molecule has 1 aromatic rings. The van der Waals surface area contributed by atoms with Crippen LogP contribution in [-0.4, -0.2) is 16.2 Å². The van der Waals surface area contributed by atoms with E-state index >= 15 is 0 Å². The van der Waals surface area contributed by atoms with E-state index < -0.39 is 5.97 Å². The molecule has 0 heterocycles. The number of carboxylic acid groups (broad SMARTS) is 1. The van der Waals surface area contributed by atoms with Crippen molar-refractivity contribution in [3.05, 3.63) is 28.8 Å². The maximum atomic E-state index is 11.2. The summed E-state index contributed by atoms with van der Waals surface area (Å²) in [7, 11) is 0. The van der Waals surface area contributed by atoms with E-state index in [0.29, 0.717) is 11.1 Å². The molecule has 0 amide bonds. The molecule has 1 rings (SSSR count). The van der Waals surface area contributed by atoms with Crippen molar-refractivity contribution in [2.45, 2.75) is 156 Å². The first-order valence-corrected chi connectivity index (χ1v) is 14.0. The number of benzene rings is 1. The molecule has 0 fully saturated rings. The summed E-state index contributed by atoms with van der Waals surface area (Å²) in [5.74, 6) is -0.758.